The molecule has 0 radical (unpaired) electrons. The lowest BCUT2D eigenvalue weighted by molar-refractivity contribution is 0.402. The topological polar surface area (TPSA) is 33.5 Å². The predicted octanol–water partition coefficient (Wildman–Crippen LogP) is 4.04. The third-order valence-corrected chi connectivity index (χ3v) is 3.56. The average Bonchev–Trinajstić information content (AvgIpc) is 2.55. The van der Waals surface area contributed by atoms with Crippen LogP contribution in [0.25, 0.3) is 22.6 Å². The maximum atomic E-state index is 12.0. The van der Waals surface area contributed by atoms with Gasteiger partial charge in [0.15, 0.2) is 5.43 Å². The molecule has 1 heterocycles. The molecule has 0 saturated carbocycles. The summed E-state index contributed by atoms with van der Waals surface area (Å²) in [7, 11) is 4.08. The van der Waals surface area contributed by atoms with Crippen molar-refractivity contribution in [3.05, 3.63) is 82.5 Å². The molecule has 0 saturated heterocycles. The fraction of sp³-hybridized carbons (Fsp3) is 0.150. The molecule has 0 bridgehead atoms. The smallest absolute Gasteiger partial charge is 0.186 e. The first-order valence-corrected chi connectivity index (χ1v) is 7.56. The van der Waals surface area contributed by atoms with Crippen molar-refractivity contribution in [1.82, 2.24) is 4.90 Å². The highest BCUT2D eigenvalue weighted by Gasteiger charge is 2.07. The molecule has 23 heavy (non-hydrogen) atoms. The van der Waals surface area contributed by atoms with Gasteiger partial charge < -0.3 is 9.32 Å². The van der Waals surface area contributed by atoms with E-state index in [0.29, 0.717) is 11.5 Å². The Kier molecular flexibility index (Phi) is 4.40. The van der Waals surface area contributed by atoms with Crippen molar-refractivity contribution in [2.75, 3.05) is 14.1 Å². The number of rotatable bonds is 4. The zero-order chi connectivity index (χ0) is 16.2. The first kappa shape index (κ1) is 15.3. The zero-order valence-corrected chi connectivity index (χ0v) is 13.3. The van der Waals surface area contributed by atoms with E-state index in [1.54, 1.807) is 0 Å². The highest BCUT2D eigenvalue weighted by Crippen LogP contribution is 2.25. The van der Waals surface area contributed by atoms with Crippen molar-refractivity contribution in [1.29, 1.82) is 0 Å². The van der Waals surface area contributed by atoms with Crippen molar-refractivity contribution in [2.45, 2.75) is 6.54 Å². The molecule has 0 atom stereocenters. The average molecular weight is 305 g/mol. The second-order valence-electron chi connectivity index (χ2n) is 5.82. The van der Waals surface area contributed by atoms with E-state index in [-0.39, 0.29) is 5.43 Å². The fourth-order valence-electron chi connectivity index (χ4n) is 2.50. The van der Waals surface area contributed by atoms with Gasteiger partial charge in [-0.2, -0.15) is 0 Å². The van der Waals surface area contributed by atoms with Crippen molar-refractivity contribution in [3.63, 3.8) is 0 Å². The van der Waals surface area contributed by atoms with Gasteiger partial charge in [-0.25, -0.2) is 0 Å². The quantitative estimate of drug-likeness (QED) is 0.729. The Labute approximate surface area is 135 Å². The molecule has 2 aromatic carbocycles. The summed E-state index contributed by atoms with van der Waals surface area (Å²) in [5, 5.41) is 0. The van der Waals surface area contributed by atoms with Crippen LogP contribution in [-0.2, 0) is 6.54 Å². The maximum Gasteiger partial charge on any atom is 0.186 e. The Morgan fingerprint density at radius 3 is 1.96 bits per heavy atom. The molecule has 3 heteroatoms. The predicted molar refractivity (Wildman–Crippen MR) is 93.2 cm³/mol. The van der Waals surface area contributed by atoms with Gasteiger partial charge in [-0.15, -0.1) is 0 Å². The second kappa shape index (κ2) is 6.63. The molecular weight excluding hydrogens is 286 g/mol. The van der Waals surface area contributed by atoms with E-state index >= 15 is 0 Å². The van der Waals surface area contributed by atoms with Gasteiger partial charge in [0.05, 0.1) is 0 Å². The number of hydrogen-bond donors (Lipinski definition) is 0. The molecule has 0 aliphatic carbocycles. The van der Waals surface area contributed by atoms with Crippen LogP contribution in [0.4, 0.5) is 0 Å². The van der Waals surface area contributed by atoms with Crippen molar-refractivity contribution >= 4 is 0 Å². The third kappa shape index (κ3) is 3.76. The van der Waals surface area contributed by atoms with Gasteiger partial charge in [0, 0.05) is 29.8 Å². The van der Waals surface area contributed by atoms with E-state index in [1.165, 1.54) is 17.7 Å². The molecule has 1 aromatic heterocycles. The molecular formula is C20H19NO2. The standard InChI is InChI=1S/C20H19NO2/c1-21(2)14-15-8-10-17(11-9-15)20-13-18(22)12-19(23-20)16-6-4-3-5-7-16/h3-13H,14H2,1-2H3. The van der Waals surface area contributed by atoms with Crippen LogP contribution in [0.15, 0.2) is 75.9 Å². The van der Waals surface area contributed by atoms with Gasteiger partial charge in [0.1, 0.15) is 11.5 Å². The molecule has 0 unspecified atom stereocenters. The van der Waals surface area contributed by atoms with Crippen LogP contribution >= 0.6 is 0 Å². The van der Waals surface area contributed by atoms with Crippen molar-refractivity contribution < 1.29 is 4.42 Å². The third-order valence-electron chi connectivity index (χ3n) is 3.56. The maximum absolute atomic E-state index is 12.0. The van der Waals surface area contributed by atoms with E-state index < -0.39 is 0 Å². The summed E-state index contributed by atoms with van der Waals surface area (Å²) in [6.45, 7) is 0.883. The summed E-state index contributed by atoms with van der Waals surface area (Å²) >= 11 is 0. The monoisotopic (exact) mass is 305 g/mol. The Balaban J connectivity index is 1.97. The number of hydrogen-bond acceptors (Lipinski definition) is 3. The van der Waals surface area contributed by atoms with Crippen molar-refractivity contribution in [3.8, 4) is 22.6 Å². The summed E-state index contributed by atoms with van der Waals surface area (Å²) in [6.07, 6.45) is 0. The Morgan fingerprint density at radius 2 is 1.39 bits per heavy atom. The SMILES string of the molecule is CN(C)Cc1ccc(-c2cc(=O)cc(-c3ccccc3)o2)cc1. The number of nitrogens with zero attached hydrogens (tertiary/aromatic N) is 1. The van der Waals surface area contributed by atoms with Gasteiger partial charge in [0.25, 0.3) is 0 Å². The van der Waals surface area contributed by atoms with Crippen molar-refractivity contribution in [2.24, 2.45) is 0 Å². The lowest BCUT2D eigenvalue weighted by Crippen LogP contribution is -2.10. The minimum Gasteiger partial charge on any atom is -0.456 e. The summed E-state index contributed by atoms with van der Waals surface area (Å²) in [4.78, 5) is 14.1. The van der Waals surface area contributed by atoms with Crippen LogP contribution in [0.5, 0.6) is 0 Å². The molecule has 3 aromatic rings. The zero-order valence-electron chi connectivity index (χ0n) is 13.3. The molecule has 116 valence electrons. The molecule has 0 N–H and O–H groups in total. The van der Waals surface area contributed by atoms with E-state index in [4.69, 9.17) is 4.42 Å². The molecule has 0 spiro atoms. The van der Waals surface area contributed by atoms with Crippen LogP contribution in [0, 0.1) is 0 Å². The highest BCUT2D eigenvalue weighted by molar-refractivity contribution is 5.62. The summed E-state index contributed by atoms with van der Waals surface area (Å²) in [5.41, 5.74) is 2.97. The van der Waals surface area contributed by atoms with E-state index in [2.05, 4.69) is 17.0 Å². The van der Waals surface area contributed by atoms with Gasteiger partial charge in [-0.1, -0.05) is 54.6 Å². The minimum absolute atomic E-state index is 0.0533. The van der Waals surface area contributed by atoms with Gasteiger partial charge >= 0.3 is 0 Å². The van der Waals surface area contributed by atoms with Gasteiger partial charge in [-0.3, -0.25) is 4.79 Å². The van der Waals surface area contributed by atoms with E-state index in [9.17, 15) is 4.79 Å². The van der Waals surface area contributed by atoms with E-state index in [1.807, 2.05) is 56.6 Å². The first-order chi connectivity index (χ1) is 11.1. The first-order valence-electron chi connectivity index (χ1n) is 7.56. The summed E-state index contributed by atoms with van der Waals surface area (Å²) in [5.74, 6) is 1.18. The summed E-state index contributed by atoms with van der Waals surface area (Å²) in [6, 6.07) is 20.8. The van der Waals surface area contributed by atoms with Crippen LogP contribution in [-0.4, -0.2) is 19.0 Å². The largest absolute Gasteiger partial charge is 0.456 e. The molecule has 3 nitrogen and oxygen atoms in total. The summed E-state index contributed by atoms with van der Waals surface area (Å²) < 4.78 is 5.94. The normalized spacial score (nSPS) is 10.9. The van der Waals surface area contributed by atoms with Crippen LogP contribution in [0.2, 0.25) is 0 Å². The molecule has 3 rings (SSSR count). The Morgan fingerprint density at radius 1 is 0.826 bits per heavy atom. The van der Waals surface area contributed by atoms with Crippen LogP contribution < -0.4 is 5.43 Å². The minimum atomic E-state index is -0.0533. The lowest BCUT2D eigenvalue weighted by atomic mass is 10.1. The fourth-order valence-corrected chi connectivity index (χ4v) is 2.50. The van der Waals surface area contributed by atoms with Crippen LogP contribution in [0.1, 0.15) is 5.56 Å². The van der Waals surface area contributed by atoms with Crippen LogP contribution in [0.3, 0.4) is 0 Å². The lowest BCUT2D eigenvalue weighted by Gasteiger charge is -2.10. The van der Waals surface area contributed by atoms with Gasteiger partial charge in [0.2, 0.25) is 0 Å². The number of benzene rings is 2. The molecule has 0 amide bonds. The molecule has 0 aliphatic rings. The highest BCUT2D eigenvalue weighted by atomic mass is 16.3. The molecule has 0 aliphatic heterocycles. The Hall–Kier alpha value is -2.65. The molecule has 0 fully saturated rings. The Bertz CT molecular complexity index is 834. The second-order valence-corrected chi connectivity index (χ2v) is 5.82. The van der Waals surface area contributed by atoms with Gasteiger partial charge in [-0.05, 0) is 19.7 Å². The van der Waals surface area contributed by atoms with E-state index in [0.717, 1.165) is 17.7 Å².